The van der Waals surface area contributed by atoms with Crippen LogP contribution in [0, 0.1) is 0 Å². The van der Waals surface area contributed by atoms with Crippen LogP contribution in [0.25, 0.3) is 0 Å². The zero-order valence-corrected chi connectivity index (χ0v) is 19.4. The molecule has 33 heavy (non-hydrogen) atoms. The molecule has 1 N–H and O–H groups in total. The number of carbonyl (C=O) groups is 2. The Morgan fingerprint density at radius 1 is 0.970 bits per heavy atom. The Bertz CT molecular complexity index is 1060. The molecule has 0 spiro atoms. The molecular formula is C26H27ClN2O4. The highest BCUT2D eigenvalue weighted by Crippen LogP contribution is 2.26. The Labute approximate surface area is 199 Å². The lowest BCUT2D eigenvalue weighted by atomic mass is 10.0. The third kappa shape index (κ3) is 6.49. The molecule has 6 nitrogen and oxygen atoms in total. The van der Waals surface area contributed by atoms with Crippen molar-refractivity contribution >= 4 is 23.4 Å². The van der Waals surface area contributed by atoms with Crippen LogP contribution >= 0.6 is 11.6 Å². The number of likely N-dealkylation sites (N-methyl/N-ethyl adjacent to an activating group) is 1. The van der Waals surface area contributed by atoms with Gasteiger partial charge >= 0.3 is 0 Å². The van der Waals surface area contributed by atoms with Crippen LogP contribution in [-0.2, 0) is 16.1 Å². The minimum absolute atomic E-state index is 0.214. The van der Waals surface area contributed by atoms with E-state index in [0.717, 1.165) is 5.56 Å². The molecule has 3 rings (SSSR count). The summed E-state index contributed by atoms with van der Waals surface area (Å²) < 4.78 is 10.9. The number of halogens is 1. The Morgan fingerprint density at radius 2 is 1.64 bits per heavy atom. The quantitative estimate of drug-likeness (QED) is 0.473. The minimum atomic E-state index is -0.824. The standard InChI is InChI=1S/C26H27ClN2O4/c1-3-28-26(31)25(20-9-5-4-6-10-20)29(17-19-13-15-21(32-2)16-14-19)24(30)18-33-23-12-8-7-11-22(23)27/h4-16,25H,3,17-18H2,1-2H3,(H,28,31)/t25-/m0/s1. The highest BCUT2D eigenvalue weighted by molar-refractivity contribution is 6.32. The number of para-hydroxylation sites is 1. The van der Waals surface area contributed by atoms with E-state index >= 15 is 0 Å². The summed E-state index contributed by atoms with van der Waals surface area (Å²) >= 11 is 6.17. The summed E-state index contributed by atoms with van der Waals surface area (Å²) in [7, 11) is 1.59. The van der Waals surface area contributed by atoms with Gasteiger partial charge in [-0.25, -0.2) is 0 Å². The summed E-state index contributed by atoms with van der Waals surface area (Å²) in [5, 5.41) is 3.26. The average molecular weight is 467 g/mol. The first-order valence-electron chi connectivity index (χ1n) is 10.7. The van der Waals surface area contributed by atoms with Crippen molar-refractivity contribution in [2.45, 2.75) is 19.5 Å². The number of methoxy groups -OCH3 is 1. The third-order valence-electron chi connectivity index (χ3n) is 5.05. The van der Waals surface area contributed by atoms with Gasteiger partial charge in [-0.3, -0.25) is 9.59 Å². The molecule has 0 aliphatic carbocycles. The molecule has 172 valence electrons. The van der Waals surface area contributed by atoms with E-state index < -0.39 is 6.04 Å². The number of amides is 2. The van der Waals surface area contributed by atoms with Crippen molar-refractivity contribution in [1.29, 1.82) is 0 Å². The zero-order valence-electron chi connectivity index (χ0n) is 18.7. The molecule has 0 saturated heterocycles. The van der Waals surface area contributed by atoms with Gasteiger partial charge in [-0.05, 0) is 42.3 Å². The van der Waals surface area contributed by atoms with Gasteiger partial charge in [0.05, 0.1) is 12.1 Å². The van der Waals surface area contributed by atoms with Crippen molar-refractivity contribution < 1.29 is 19.1 Å². The number of ether oxygens (including phenoxy) is 2. The molecule has 0 bridgehead atoms. The van der Waals surface area contributed by atoms with E-state index in [2.05, 4.69) is 5.32 Å². The van der Waals surface area contributed by atoms with E-state index in [-0.39, 0.29) is 25.0 Å². The van der Waals surface area contributed by atoms with Gasteiger partial charge in [-0.2, -0.15) is 0 Å². The normalized spacial score (nSPS) is 11.4. The maximum absolute atomic E-state index is 13.4. The minimum Gasteiger partial charge on any atom is -0.497 e. The Morgan fingerprint density at radius 3 is 2.27 bits per heavy atom. The number of hydrogen-bond acceptors (Lipinski definition) is 4. The van der Waals surface area contributed by atoms with Crippen LogP contribution < -0.4 is 14.8 Å². The third-order valence-corrected chi connectivity index (χ3v) is 5.36. The van der Waals surface area contributed by atoms with Crippen molar-refractivity contribution in [3.63, 3.8) is 0 Å². The molecule has 0 fully saturated rings. The molecule has 0 radical (unpaired) electrons. The van der Waals surface area contributed by atoms with Gasteiger partial charge in [0.2, 0.25) is 5.91 Å². The van der Waals surface area contributed by atoms with E-state index in [1.807, 2.05) is 61.5 Å². The predicted octanol–water partition coefficient (Wildman–Crippen LogP) is 4.63. The maximum atomic E-state index is 13.4. The molecule has 7 heteroatoms. The average Bonchev–Trinajstić information content (AvgIpc) is 2.84. The fourth-order valence-corrected chi connectivity index (χ4v) is 3.60. The van der Waals surface area contributed by atoms with Crippen LogP contribution in [-0.4, -0.2) is 37.0 Å². The second-order valence-corrected chi connectivity index (χ2v) is 7.70. The lowest BCUT2D eigenvalue weighted by Crippen LogP contribution is -2.45. The molecule has 1 atom stereocenters. The van der Waals surface area contributed by atoms with Gasteiger partial charge < -0.3 is 19.7 Å². The fourth-order valence-electron chi connectivity index (χ4n) is 3.41. The van der Waals surface area contributed by atoms with Crippen molar-refractivity contribution in [2.24, 2.45) is 0 Å². The second kappa shape index (κ2) is 11.9. The van der Waals surface area contributed by atoms with Crippen LogP contribution in [0.3, 0.4) is 0 Å². The lowest BCUT2D eigenvalue weighted by molar-refractivity contribution is -0.143. The van der Waals surface area contributed by atoms with Gasteiger partial charge in [0.1, 0.15) is 17.5 Å². The molecule has 0 aliphatic rings. The molecule has 2 amide bonds. The van der Waals surface area contributed by atoms with Gasteiger partial charge in [-0.1, -0.05) is 66.2 Å². The smallest absolute Gasteiger partial charge is 0.261 e. The van der Waals surface area contributed by atoms with E-state index in [1.165, 1.54) is 4.90 Å². The first-order valence-corrected chi connectivity index (χ1v) is 11.0. The van der Waals surface area contributed by atoms with Gasteiger partial charge in [0, 0.05) is 13.1 Å². The molecular weight excluding hydrogens is 440 g/mol. The number of nitrogens with zero attached hydrogens (tertiary/aromatic N) is 1. The molecule has 0 aromatic heterocycles. The second-order valence-electron chi connectivity index (χ2n) is 7.30. The monoisotopic (exact) mass is 466 g/mol. The van der Waals surface area contributed by atoms with Gasteiger partial charge in [-0.15, -0.1) is 0 Å². The summed E-state index contributed by atoms with van der Waals surface area (Å²) in [6, 6.07) is 22.7. The van der Waals surface area contributed by atoms with Crippen molar-refractivity contribution in [3.05, 3.63) is 95.0 Å². The highest BCUT2D eigenvalue weighted by Gasteiger charge is 2.31. The molecule has 0 aliphatic heterocycles. The van der Waals surface area contributed by atoms with E-state index in [0.29, 0.717) is 28.6 Å². The Balaban J connectivity index is 1.93. The molecule has 3 aromatic carbocycles. The summed E-state index contributed by atoms with van der Waals surface area (Å²) in [6.45, 7) is 2.24. The first kappa shape index (κ1) is 24.1. The summed E-state index contributed by atoms with van der Waals surface area (Å²) in [5.41, 5.74) is 1.56. The molecule has 0 unspecified atom stereocenters. The number of rotatable bonds is 10. The van der Waals surface area contributed by atoms with Crippen molar-refractivity contribution in [2.75, 3.05) is 20.3 Å². The van der Waals surface area contributed by atoms with Crippen LogP contribution in [0.1, 0.15) is 24.1 Å². The maximum Gasteiger partial charge on any atom is 0.261 e. The fraction of sp³-hybridized carbons (Fsp3) is 0.231. The van der Waals surface area contributed by atoms with Crippen LogP contribution in [0.15, 0.2) is 78.9 Å². The van der Waals surface area contributed by atoms with E-state index in [1.54, 1.807) is 31.4 Å². The number of carbonyl (C=O) groups excluding carboxylic acids is 2. The van der Waals surface area contributed by atoms with Crippen LogP contribution in [0.5, 0.6) is 11.5 Å². The molecule has 0 saturated carbocycles. The topological polar surface area (TPSA) is 67.9 Å². The van der Waals surface area contributed by atoms with Crippen LogP contribution in [0.4, 0.5) is 0 Å². The largest absolute Gasteiger partial charge is 0.497 e. The van der Waals surface area contributed by atoms with E-state index in [9.17, 15) is 9.59 Å². The Kier molecular flexibility index (Phi) is 8.72. The lowest BCUT2D eigenvalue weighted by Gasteiger charge is -2.31. The zero-order chi connectivity index (χ0) is 23.6. The summed E-state index contributed by atoms with van der Waals surface area (Å²) in [4.78, 5) is 28.1. The SMILES string of the molecule is CCNC(=O)[C@H](c1ccccc1)N(Cc1ccc(OC)cc1)C(=O)COc1ccccc1Cl. The molecule has 3 aromatic rings. The number of nitrogens with one attached hydrogen (secondary N) is 1. The van der Waals surface area contributed by atoms with Gasteiger partial charge in [0.15, 0.2) is 6.61 Å². The van der Waals surface area contributed by atoms with E-state index in [4.69, 9.17) is 21.1 Å². The molecule has 0 heterocycles. The van der Waals surface area contributed by atoms with Gasteiger partial charge in [0.25, 0.3) is 5.91 Å². The predicted molar refractivity (Wildman–Crippen MR) is 128 cm³/mol. The van der Waals surface area contributed by atoms with Crippen molar-refractivity contribution in [3.8, 4) is 11.5 Å². The first-order chi connectivity index (χ1) is 16.0. The highest BCUT2D eigenvalue weighted by atomic mass is 35.5. The number of hydrogen-bond donors (Lipinski definition) is 1. The Hall–Kier alpha value is -3.51. The van der Waals surface area contributed by atoms with Crippen molar-refractivity contribution in [1.82, 2.24) is 10.2 Å². The summed E-state index contributed by atoms with van der Waals surface area (Å²) in [5.74, 6) is 0.516. The van der Waals surface area contributed by atoms with Crippen LogP contribution in [0.2, 0.25) is 5.02 Å². The number of benzene rings is 3. The summed E-state index contributed by atoms with van der Waals surface area (Å²) in [6.07, 6.45) is 0.